The summed E-state index contributed by atoms with van der Waals surface area (Å²) in [4.78, 5) is 4.55. The third-order valence-corrected chi connectivity index (χ3v) is 3.11. The Kier molecular flexibility index (Phi) is 6.85. The molecule has 0 atom stereocenters. The predicted octanol–water partition coefficient (Wildman–Crippen LogP) is 3.77. The molecule has 1 N–H and O–H groups in total. The van der Waals surface area contributed by atoms with Crippen LogP contribution in [-0.2, 0) is 6.54 Å². The van der Waals surface area contributed by atoms with Crippen molar-refractivity contribution in [1.82, 2.24) is 10.3 Å². The van der Waals surface area contributed by atoms with Gasteiger partial charge in [-0.05, 0) is 31.9 Å². The Labute approximate surface area is 117 Å². The molecule has 0 bridgehead atoms. The van der Waals surface area contributed by atoms with Crippen molar-refractivity contribution in [3.63, 3.8) is 0 Å². The van der Waals surface area contributed by atoms with Crippen molar-refractivity contribution in [2.24, 2.45) is 0 Å². The second-order valence-electron chi connectivity index (χ2n) is 5.46. The number of nitrogens with one attached hydrogen (secondary N) is 1. The highest BCUT2D eigenvalue weighted by atomic mass is 16.5. The summed E-state index contributed by atoms with van der Waals surface area (Å²) >= 11 is 0. The average Bonchev–Trinajstić information content (AvgIpc) is 2.33. The lowest BCUT2D eigenvalue weighted by molar-refractivity contribution is 0.289. The summed E-state index contributed by atoms with van der Waals surface area (Å²) in [5.41, 5.74) is 3.47. The molecule has 0 unspecified atom stereocenters. The number of pyridine rings is 1. The fourth-order valence-corrected chi connectivity index (χ4v) is 1.99. The van der Waals surface area contributed by atoms with E-state index < -0.39 is 0 Å². The van der Waals surface area contributed by atoms with E-state index in [0.29, 0.717) is 6.04 Å². The van der Waals surface area contributed by atoms with Gasteiger partial charge in [-0.3, -0.25) is 0 Å². The Balaban J connectivity index is 2.74. The molecule has 1 rings (SSSR count). The highest BCUT2D eigenvalue weighted by Gasteiger charge is 2.10. The zero-order valence-corrected chi connectivity index (χ0v) is 13.0. The number of hydrogen-bond acceptors (Lipinski definition) is 3. The van der Waals surface area contributed by atoms with Crippen LogP contribution in [0.25, 0.3) is 0 Å². The van der Waals surface area contributed by atoms with Gasteiger partial charge in [-0.2, -0.15) is 0 Å². The van der Waals surface area contributed by atoms with Gasteiger partial charge in [0.05, 0.1) is 6.61 Å². The summed E-state index contributed by atoms with van der Waals surface area (Å²) in [5.74, 6) is 0.807. The Morgan fingerprint density at radius 1 is 1.26 bits per heavy atom. The minimum atomic E-state index is 0.466. The van der Waals surface area contributed by atoms with Crippen molar-refractivity contribution in [2.75, 3.05) is 6.61 Å². The second-order valence-corrected chi connectivity index (χ2v) is 5.46. The maximum absolute atomic E-state index is 5.88. The Bertz CT molecular complexity index is 389. The fraction of sp³-hybridized carbons (Fsp3) is 0.688. The summed E-state index contributed by atoms with van der Waals surface area (Å²) < 4.78 is 5.88. The summed E-state index contributed by atoms with van der Waals surface area (Å²) in [6.45, 7) is 12.2. The second kappa shape index (κ2) is 8.16. The minimum absolute atomic E-state index is 0.466. The summed E-state index contributed by atoms with van der Waals surface area (Å²) in [5, 5.41) is 3.44. The lowest BCUT2D eigenvalue weighted by atomic mass is 10.1. The number of rotatable bonds is 8. The number of ether oxygens (including phenoxy) is 1. The van der Waals surface area contributed by atoms with Gasteiger partial charge < -0.3 is 10.1 Å². The molecule has 0 aliphatic rings. The third-order valence-electron chi connectivity index (χ3n) is 3.11. The van der Waals surface area contributed by atoms with Crippen LogP contribution in [0.5, 0.6) is 5.88 Å². The molecule has 0 saturated carbocycles. The Morgan fingerprint density at radius 2 is 2.00 bits per heavy atom. The van der Waals surface area contributed by atoms with Crippen LogP contribution in [-0.4, -0.2) is 17.6 Å². The van der Waals surface area contributed by atoms with E-state index in [4.69, 9.17) is 4.74 Å². The summed E-state index contributed by atoms with van der Waals surface area (Å²) in [6, 6.07) is 2.59. The lowest BCUT2D eigenvalue weighted by Crippen LogP contribution is -2.23. The van der Waals surface area contributed by atoms with Crippen molar-refractivity contribution in [2.45, 2.75) is 66.5 Å². The zero-order valence-electron chi connectivity index (χ0n) is 13.0. The van der Waals surface area contributed by atoms with Crippen LogP contribution in [0.3, 0.4) is 0 Å². The molecule has 0 aliphatic carbocycles. The van der Waals surface area contributed by atoms with E-state index in [2.05, 4.69) is 44.1 Å². The van der Waals surface area contributed by atoms with E-state index in [1.54, 1.807) is 0 Å². The van der Waals surface area contributed by atoms with Gasteiger partial charge in [0.25, 0.3) is 0 Å². The van der Waals surface area contributed by atoms with Crippen LogP contribution >= 0.6 is 0 Å². The first-order valence-electron chi connectivity index (χ1n) is 7.37. The lowest BCUT2D eigenvalue weighted by Gasteiger charge is -2.16. The molecule has 1 aromatic heterocycles. The number of hydrogen-bond donors (Lipinski definition) is 1. The van der Waals surface area contributed by atoms with Crippen molar-refractivity contribution < 1.29 is 4.74 Å². The van der Waals surface area contributed by atoms with Crippen LogP contribution in [0.4, 0.5) is 0 Å². The number of aryl methyl sites for hydroxylation is 2. The van der Waals surface area contributed by atoms with E-state index in [1.807, 2.05) is 6.92 Å². The Morgan fingerprint density at radius 3 is 2.63 bits per heavy atom. The molecule has 0 amide bonds. The molecule has 3 nitrogen and oxygen atoms in total. The number of nitrogens with zero attached hydrogens (tertiary/aromatic N) is 1. The molecular weight excluding hydrogens is 236 g/mol. The molecule has 0 fully saturated rings. The molecule has 0 radical (unpaired) electrons. The van der Waals surface area contributed by atoms with Gasteiger partial charge in [0.15, 0.2) is 0 Å². The smallest absolute Gasteiger partial charge is 0.218 e. The fourth-order valence-electron chi connectivity index (χ4n) is 1.99. The van der Waals surface area contributed by atoms with Crippen LogP contribution in [0, 0.1) is 13.8 Å². The first-order chi connectivity index (χ1) is 9.04. The average molecular weight is 264 g/mol. The minimum Gasteiger partial charge on any atom is -0.477 e. The van der Waals surface area contributed by atoms with Crippen LogP contribution in [0.15, 0.2) is 6.07 Å². The maximum atomic E-state index is 5.88. The van der Waals surface area contributed by atoms with Crippen molar-refractivity contribution in [1.29, 1.82) is 0 Å². The van der Waals surface area contributed by atoms with Crippen LogP contribution in [0.1, 0.15) is 56.9 Å². The van der Waals surface area contributed by atoms with E-state index in [1.165, 1.54) is 24.0 Å². The van der Waals surface area contributed by atoms with Crippen molar-refractivity contribution in [3.8, 4) is 5.88 Å². The monoisotopic (exact) mass is 264 g/mol. The van der Waals surface area contributed by atoms with Gasteiger partial charge in [0, 0.05) is 23.8 Å². The topological polar surface area (TPSA) is 34.1 Å². The molecule has 0 spiro atoms. The molecule has 0 saturated heterocycles. The van der Waals surface area contributed by atoms with Gasteiger partial charge in [0.2, 0.25) is 5.88 Å². The van der Waals surface area contributed by atoms with Gasteiger partial charge >= 0.3 is 0 Å². The quantitative estimate of drug-likeness (QED) is 0.726. The van der Waals surface area contributed by atoms with Gasteiger partial charge in [-0.1, -0.05) is 33.6 Å². The highest BCUT2D eigenvalue weighted by Crippen LogP contribution is 2.21. The summed E-state index contributed by atoms with van der Waals surface area (Å²) in [7, 11) is 0. The van der Waals surface area contributed by atoms with Gasteiger partial charge in [-0.25, -0.2) is 4.98 Å². The van der Waals surface area contributed by atoms with E-state index >= 15 is 0 Å². The number of unbranched alkanes of at least 4 members (excludes halogenated alkanes) is 2. The molecule has 108 valence electrons. The van der Waals surface area contributed by atoms with Gasteiger partial charge in [0.1, 0.15) is 0 Å². The van der Waals surface area contributed by atoms with Crippen LogP contribution < -0.4 is 10.1 Å². The summed E-state index contributed by atoms with van der Waals surface area (Å²) in [6.07, 6.45) is 3.53. The largest absolute Gasteiger partial charge is 0.477 e. The molecule has 0 aromatic carbocycles. The third kappa shape index (κ3) is 5.60. The Hall–Kier alpha value is -1.09. The zero-order chi connectivity index (χ0) is 14.3. The standard InChI is InChI=1S/C16H28N2O/c1-6-7-8-9-19-16-15(11-17-12(2)3)13(4)10-14(5)18-16/h10,12,17H,6-9,11H2,1-5H3. The first-order valence-corrected chi connectivity index (χ1v) is 7.37. The highest BCUT2D eigenvalue weighted by molar-refractivity contribution is 5.35. The van der Waals surface area contributed by atoms with E-state index in [9.17, 15) is 0 Å². The van der Waals surface area contributed by atoms with E-state index in [-0.39, 0.29) is 0 Å². The first kappa shape index (κ1) is 16.0. The molecular formula is C16H28N2O. The van der Waals surface area contributed by atoms with Crippen molar-refractivity contribution in [3.05, 3.63) is 22.9 Å². The van der Waals surface area contributed by atoms with Crippen molar-refractivity contribution >= 4 is 0 Å². The number of aromatic nitrogens is 1. The maximum Gasteiger partial charge on any atom is 0.218 e. The van der Waals surface area contributed by atoms with Gasteiger partial charge in [-0.15, -0.1) is 0 Å². The molecule has 19 heavy (non-hydrogen) atoms. The normalized spacial score (nSPS) is 11.1. The molecule has 3 heteroatoms. The SMILES string of the molecule is CCCCCOc1nc(C)cc(C)c1CNC(C)C. The molecule has 0 aliphatic heterocycles. The van der Waals surface area contributed by atoms with Crippen LogP contribution in [0.2, 0.25) is 0 Å². The molecule has 1 aromatic rings. The predicted molar refractivity (Wildman–Crippen MR) is 80.7 cm³/mol. The van der Waals surface area contributed by atoms with E-state index in [0.717, 1.165) is 31.1 Å². The molecule has 1 heterocycles.